The number of anilines is 2. The summed E-state index contributed by atoms with van der Waals surface area (Å²) in [5, 5.41) is 3.28. The largest absolute Gasteiger partial charge is 0.396 e. The highest BCUT2D eigenvalue weighted by Crippen LogP contribution is 2.26. The van der Waals surface area contributed by atoms with Crippen LogP contribution in [0.2, 0.25) is 10.0 Å². The zero-order chi connectivity index (χ0) is 14.0. The molecule has 2 aromatic carbocycles. The van der Waals surface area contributed by atoms with E-state index in [1.807, 2.05) is 0 Å². The second kappa shape index (κ2) is 5.47. The molecule has 0 fully saturated rings. The van der Waals surface area contributed by atoms with Crippen LogP contribution >= 0.6 is 23.2 Å². The van der Waals surface area contributed by atoms with Gasteiger partial charge in [-0.25, -0.2) is 4.39 Å². The van der Waals surface area contributed by atoms with E-state index >= 15 is 0 Å². The van der Waals surface area contributed by atoms with Crippen LogP contribution in [0.15, 0.2) is 36.4 Å². The summed E-state index contributed by atoms with van der Waals surface area (Å²) < 4.78 is 13.3. The van der Waals surface area contributed by atoms with Gasteiger partial charge < -0.3 is 11.1 Å². The van der Waals surface area contributed by atoms with Gasteiger partial charge in [0.15, 0.2) is 0 Å². The predicted molar refractivity (Wildman–Crippen MR) is 75.2 cm³/mol. The number of nitrogens with one attached hydrogen (secondary N) is 1. The molecule has 0 unspecified atom stereocenters. The predicted octanol–water partition coefficient (Wildman–Crippen LogP) is 3.97. The molecule has 0 radical (unpaired) electrons. The van der Waals surface area contributed by atoms with Gasteiger partial charge >= 0.3 is 0 Å². The Balaban J connectivity index is 2.31. The van der Waals surface area contributed by atoms with Crippen molar-refractivity contribution in [2.45, 2.75) is 0 Å². The van der Waals surface area contributed by atoms with Crippen molar-refractivity contribution in [3.63, 3.8) is 0 Å². The van der Waals surface area contributed by atoms with Crippen LogP contribution in [0.1, 0.15) is 10.4 Å². The number of nitrogen functional groups attached to an aromatic ring is 1. The summed E-state index contributed by atoms with van der Waals surface area (Å²) in [7, 11) is 0. The van der Waals surface area contributed by atoms with Crippen molar-refractivity contribution < 1.29 is 9.18 Å². The van der Waals surface area contributed by atoms with E-state index in [9.17, 15) is 9.18 Å². The third kappa shape index (κ3) is 2.97. The highest BCUT2D eigenvalue weighted by molar-refractivity contribution is 6.36. The molecule has 0 saturated carbocycles. The smallest absolute Gasteiger partial charge is 0.257 e. The van der Waals surface area contributed by atoms with E-state index in [4.69, 9.17) is 28.9 Å². The molecule has 0 aliphatic heterocycles. The SMILES string of the molecule is Nc1c(F)cccc1C(=O)Nc1cc(Cl)ccc1Cl. The Labute approximate surface area is 119 Å². The van der Waals surface area contributed by atoms with Gasteiger partial charge in [-0.1, -0.05) is 29.3 Å². The quantitative estimate of drug-likeness (QED) is 0.824. The Morgan fingerprint density at radius 2 is 1.95 bits per heavy atom. The van der Waals surface area contributed by atoms with Crippen LogP contribution in [-0.4, -0.2) is 5.91 Å². The zero-order valence-corrected chi connectivity index (χ0v) is 11.1. The number of nitrogens with two attached hydrogens (primary N) is 1. The Bertz CT molecular complexity index is 647. The summed E-state index contributed by atoms with van der Waals surface area (Å²) in [5.74, 6) is -1.20. The Hall–Kier alpha value is -1.78. The van der Waals surface area contributed by atoms with Gasteiger partial charge in [0.2, 0.25) is 0 Å². The maximum Gasteiger partial charge on any atom is 0.257 e. The molecule has 0 bridgehead atoms. The molecule has 1 amide bonds. The molecule has 19 heavy (non-hydrogen) atoms. The first kappa shape index (κ1) is 13.6. The van der Waals surface area contributed by atoms with Crippen molar-refractivity contribution in [2.75, 3.05) is 11.1 Å². The number of benzene rings is 2. The van der Waals surface area contributed by atoms with Crippen LogP contribution < -0.4 is 11.1 Å². The van der Waals surface area contributed by atoms with E-state index in [1.54, 1.807) is 12.1 Å². The van der Waals surface area contributed by atoms with Crippen LogP contribution in [0.5, 0.6) is 0 Å². The maximum absolute atomic E-state index is 13.3. The first-order chi connectivity index (χ1) is 8.99. The average molecular weight is 299 g/mol. The van der Waals surface area contributed by atoms with Crippen molar-refractivity contribution in [1.29, 1.82) is 0 Å². The maximum atomic E-state index is 13.3. The fraction of sp³-hybridized carbons (Fsp3) is 0. The Morgan fingerprint density at radius 3 is 2.68 bits per heavy atom. The van der Waals surface area contributed by atoms with Gasteiger partial charge in [-0.05, 0) is 30.3 Å². The van der Waals surface area contributed by atoms with Crippen molar-refractivity contribution in [3.05, 3.63) is 57.8 Å². The van der Waals surface area contributed by atoms with Crippen molar-refractivity contribution in [3.8, 4) is 0 Å². The van der Waals surface area contributed by atoms with Crippen molar-refractivity contribution >= 4 is 40.5 Å². The van der Waals surface area contributed by atoms with E-state index in [2.05, 4.69) is 5.32 Å². The van der Waals surface area contributed by atoms with Crippen LogP contribution in [0.3, 0.4) is 0 Å². The Kier molecular flexibility index (Phi) is 3.93. The first-order valence-electron chi connectivity index (χ1n) is 5.29. The van der Waals surface area contributed by atoms with Gasteiger partial charge in [0.1, 0.15) is 5.82 Å². The lowest BCUT2D eigenvalue weighted by molar-refractivity contribution is 0.102. The van der Waals surface area contributed by atoms with Crippen LogP contribution in [0.25, 0.3) is 0 Å². The molecule has 98 valence electrons. The summed E-state index contributed by atoms with van der Waals surface area (Å²) >= 11 is 11.7. The molecule has 0 saturated heterocycles. The lowest BCUT2D eigenvalue weighted by Crippen LogP contribution is -2.15. The van der Waals surface area contributed by atoms with Gasteiger partial charge in [-0.15, -0.1) is 0 Å². The van der Waals surface area contributed by atoms with Crippen LogP contribution in [0, 0.1) is 5.82 Å². The monoisotopic (exact) mass is 298 g/mol. The van der Waals surface area contributed by atoms with Gasteiger partial charge in [-0.2, -0.15) is 0 Å². The fourth-order valence-electron chi connectivity index (χ4n) is 1.52. The second-order valence-electron chi connectivity index (χ2n) is 3.78. The summed E-state index contributed by atoms with van der Waals surface area (Å²) in [6.07, 6.45) is 0. The molecular weight excluding hydrogens is 290 g/mol. The van der Waals surface area contributed by atoms with E-state index < -0.39 is 11.7 Å². The minimum Gasteiger partial charge on any atom is -0.396 e. The molecular formula is C13H9Cl2FN2O. The third-order valence-corrected chi connectivity index (χ3v) is 3.04. The topological polar surface area (TPSA) is 55.1 Å². The van der Waals surface area contributed by atoms with Crippen molar-refractivity contribution in [2.24, 2.45) is 0 Å². The van der Waals surface area contributed by atoms with Gasteiger partial charge in [0.25, 0.3) is 5.91 Å². The van der Waals surface area contributed by atoms with E-state index in [0.717, 1.165) is 0 Å². The number of hydrogen-bond donors (Lipinski definition) is 2. The van der Waals surface area contributed by atoms with Crippen LogP contribution in [-0.2, 0) is 0 Å². The number of para-hydroxylation sites is 1. The van der Waals surface area contributed by atoms with Gasteiger partial charge in [0.05, 0.1) is 22.0 Å². The summed E-state index contributed by atoms with van der Waals surface area (Å²) in [5.41, 5.74) is 5.67. The number of carbonyl (C=O) groups excluding carboxylic acids is 1. The zero-order valence-electron chi connectivity index (χ0n) is 9.58. The third-order valence-electron chi connectivity index (χ3n) is 2.47. The highest BCUT2D eigenvalue weighted by Gasteiger charge is 2.14. The number of carbonyl (C=O) groups is 1. The number of hydrogen-bond acceptors (Lipinski definition) is 2. The molecule has 0 aromatic heterocycles. The molecule has 6 heteroatoms. The molecule has 3 N–H and O–H groups in total. The van der Waals surface area contributed by atoms with E-state index in [0.29, 0.717) is 15.7 Å². The summed E-state index contributed by atoms with van der Waals surface area (Å²) in [6.45, 7) is 0. The minimum atomic E-state index is -0.648. The molecule has 0 aliphatic carbocycles. The minimum absolute atomic E-state index is 0.0380. The van der Waals surface area contributed by atoms with E-state index in [1.165, 1.54) is 24.3 Å². The van der Waals surface area contributed by atoms with Gasteiger partial charge in [-0.3, -0.25) is 4.79 Å². The van der Waals surface area contributed by atoms with Crippen molar-refractivity contribution in [1.82, 2.24) is 0 Å². The molecule has 2 aromatic rings. The fourth-order valence-corrected chi connectivity index (χ4v) is 1.85. The standard InChI is InChI=1S/C13H9Cl2FN2O/c14-7-4-5-9(15)11(6-7)18-13(19)8-2-1-3-10(16)12(8)17/h1-6H,17H2,(H,18,19). The molecule has 0 heterocycles. The number of amides is 1. The Morgan fingerprint density at radius 1 is 1.21 bits per heavy atom. The lowest BCUT2D eigenvalue weighted by atomic mass is 10.1. The summed E-state index contributed by atoms with van der Waals surface area (Å²) in [4.78, 5) is 12.0. The normalized spacial score (nSPS) is 10.3. The molecule has 0 atom stereocenters. The van der Waals surface area contributed by atoms with Crippen LogP contribution in [0.4, 0.5) is 15.8 Å². The molecule has 0 spiro atoms. The number of rotatable bonds is 2. The number of halogens is 3. The highest BCUT2D eigenvalue weighted by atomic mass is 35.5. The molecule has 0 aliphatic rings. The van der Waals surface area contributed by atoms with E-state index in [-0.39, 0.29) is 11.3 Å². The second-order valence-corrected chi connectivity index (χ2v) is 4.62. The molecule has 3 nitrogen and oxygen atoms in total. The lowest BCUT2D eigenvalue weighted by Gasteiger charge is -2.09. The van der Waals surface area contributed by atoms with Gasteiger partial charge in [0, 0.05) is 5.02 Å². The summed E-state index contributed by atoms with van der Waals surface area (Å²) in [6, 6.07) is 8.65. The molecule has 2 rings (SSSR count). The first-order valence-corrected chi connectivity index (χ1v) is 6.05. The average Bonchev–Trinajstić information content (AvgIpc) is 2.37.